The Morgan fingerprint density at radius 3 is 2.20 bits per heavy atom. The van der Waals surface area contributed by atoms with Crippen molar-refractivity contribution < 1.29 is 0 Å². The second-order valence-electron chi connectivity index (χ2n) is 1.78. The van der Waals surface area contributed by atoms with Gasteiger partial charge in [-0.3, -0.25) is 0 Å². The van der Waals surface area contributed by atoms with Gasteiger partial charge >= 0.3 is 39.0 Å². The van der Waals surface area contributed by atoms with Crippen molar-refractivity contribution in [1.82, 2.24) is 0 Å². The Labute approximate surface area is 39.3 Å². The fraction of sp³-hybridized carbons (Fsp3) is 1.00. The molecule has 0 unspecified atom stereocenters. The van der Waals surface area contributed by atoms with Crippen molar-refractivity contribution in [3.8, 4) is 0 Å². The summed E-state index contributed by atoms with van der Waals surface area (Å²) in [5, 5.41) is 0. The molecule has 0 N–H and O–H groups in total. The van der Waals surface area contributed by atoms with Crippen molar-refractivity contribution in [2.24, 2.45) is 0 Å². The molecule has 0 amide bonds. The van der Waals surface area contributed by atoms with Crippen molar-refractivity contribution in [2.75, 3.05) is 4.43 Å². The van der Waals surface area contributed by atoms with E-state index < -0.39 is 0 Å². The average Bonchev–Trinajstić information content (AvgIpc) is 2.11. The normalized spacial score (nSPS) is 63.0. The van der Waals surface area contributed by atoms with Gasteiger partial charge in [-0.2, -0.15) is 0 Å². The van der Waals surface area contributed by atoms with E-state index in [-0.39, 0.29) is 19.8 Å². The van der Waals surface area contributed by atoms with E-state index in [4.69, 9.17) is 0 Å². The second kappa shape index (κ2) is 0.572. The molecule has 2 aliphatic heterocycles. The van der Waals surface area contributed by atoms with Gasteiger partial charge in [-0.25, -0.2) is 0 Å². The summed E-state index contributed by atoms with van der Waals surface area (Å²) in [5.74, 6) is 0. The molecule has 0 aromatic carbocycles. The molecule has 0 aromatic rings. The van der Waals surface area contributed by atoms with E-state index in [1.165, 1.54) is 7.85 Å². The Kier molecular flexibility index (Phi) is 0.324. The standard InChI is InChI=1S/C4H7I/c1-3-4-2-5(3)4/h3-4H,2H2,1H3/t3-,4-/m1/s1. The van der Waals surface area contributed by atoms with Crippen molar-refractivity contribution in [1.29, 1.82) is 0 Å². The molecule has 0 saturated carbocycles. The maximum absolute atomic E-state index is 2.42. The summed E-state index contributed by atoms with van der Waals surface area (Å²) in [6.45, 7) is 2.42. The summed E-state index contributed by atoms with van der Waals surface area (Å²) >= 11 is 0.0513. The Bertz CT molecular complexity index is 55.3. The van der Waals surface area contributed by atoms with Gasteiger partial charge in [0, 0.05) is 0 Å². The van der Waals surface area contributed by atoms with Crippen LogP contribution in [0.15, 0.2) is 0 Å². The minimum absolute atomic E-state index is 0.0513. The molecule has 0 spiro atoms. The van der Waals surface area contributed by atoms with Gasteiger partial charge < -0.3 is 0 Å². The first-order valence-corrected chi connectivity index (χ1v) is 6.04. The van der Waals surface area contributed by atoms with Crippen LogP contribution < -0.4 is 0 Å². The summed E-state index contributed by atoms with van der Waals surface area (Å²) in [5.41, 5.74) is 0. The number of halogens is 1. The molecule has 30 valence electrons. The van der Waals surface area contributed by atoms with E-state index in [1.807, 2.05) is 0 Å². The van der Waals surface area contributed by atoms with Gasteiger partial charge in [-0.15, -0.1) is 0 Å². The monoisotopic (exact) mass is 182 g/mol. The van der Waals surface area contributed by atoms with Crippen LogP contribution in [0.5, 0.6) is 0 Å². The number of rotatable bonds is 0. The first-order valence-electron chi connectivity index (χ1n) is 2.02. The number of hydrogen-bond acceptors (Lipinski definition) is 0. The van der Waals surface area contributed by atoms with Crippen LogP contribution in [0.1, 0.15) is 6.92 Å². The van der Waals surface area contributed by atoms with Gasteiger partial charge in [0.25, 0.3) is 0 Å². The van der Waals surface area contributed by atoms with Gasteiger partial charge in [0.1, 0.15) is 0 Å². The minimum atomic E-state index is 0.0513. The average molecular weight is 182 g/mol. The van der Waals surface area contributed by atoms with E-state index in [0.29, 0.717) is 0 Å². The molecule has 2 heterocycles. The molecule has 0 aromatic heterocycles. The third kappa shape index (κ3) is 0.218. The molecule has 1 heteroatoms. The molecule has 0 nitrogen and oxygen atoms in total. The number of hydrogen-bond donors (Lipinski definition) is 0. The predicted octanol–water partition coefficient (Wildman–Crippen LogP) is 1.28. The van der Waals surface area contributed by atoms with Gasteiger partial charge in [-0.05, 0) is 0 Å². The van der Waals surface area contributed by atoms with Crippen LogP contribution >= 0.6 is 19.8 Å². The van der Waals surface area contributed by atoms with Crippen LogP contribution in [0, 0.1) is 0 Å². The number of fused-ring (bicyclic) bond motifs is 1. The van der Waals surface area contributed by atoms with E-state index >= 15 is 0 Å². The molecule has 2 saturated heterocycles. The molecule has 2 aliphatic rings. The summed E-state index contributed by atoms with van der Waals surface area (Å²) < 4.78 is 4.41. The van der Waals surface area contributed by atoms with Crippen molar-refractivity contribution in [2.45, 2.75) is 14.8 Å². The van der Waals surface area contributed by atoms with Gasteiger partial charge in [-0.1, -0.05) is 0 Å². The summed E-state index contributed by atoms with van der Waals surface area (Å²) in [6.07, 6.45) is 0. The Morgan fingerprint density at radius 1 is 1.80 bits per heavy atom. The molecular formula is C4H7I. The molecular weight excluding hydrogens is 175 g/mol. The second-order valence-corrected chi connectivity index (χ2v) is 8.71. The fourth-order valence-corrected chi connectivity index (χ4v) is 7.20. The fourth-order valence-electron chi connectivity index (χ4n) is 0.688. The van der Waals surface area contributed by atoms with Crippen LogP contribution in [0.3, 0.4) is 0 Å². The van der Waals surface area contributed by atoms with E-state index in [9.17, 15) is 0 Å². The first-order chi connectivity index (χ1) is 2.39. The zero-order chi connectivity index (χ0) is 3.44. The summed E-state index contributed by atoms with van der Waals surface area (Å²) in [6, 6.07) is 0. The van der Waals surface area contributed by atoms with E-state index in [0.717, 1.165) is 0 Å². The van der Waals surface area contributed by atoms with Gasteiger partial charge in [0.15, 0.2) is 0 Å². The van der Waals surface area contributed by atoms with Crippen LogP contribution in [0.2, 0.25) is 0 Å². The van der Waals surface area contributed by atoms with Gasteiger partial charge in [0.05, 0.1) is 0 Å². The molecule has 0 aliphatic carbocycles. The molecule has 2 fully saturated rings. The van der Waals surface area contributed by atoms with Crippen molar-refractivity contribution >= 4 is 19.8 Å². The zero-order valence-corrected chi connectivity index (χ0v) is 5.40. The van der Waals surface area contributed by atoms with Crippen LogP contribution in [0.25, 0.3) is 0 Å². The van der Waals surface area contributed by atoms with E-state index in [1.54, 1.807) is 4.43 Å². The maximum atomic E-state index is 2.42. The summed E-state index contributed by atoms with van der Waals surface area (Å²) in [4.78, 5) is 0. The summed E-state index contributed by atoms with van der Waals surface area (Å²) in [7, 11) is 0. The topological polar surface area (TPSA) is 0 Å². The number of alkyl halides is 3. The van der Waals surface area contributed by atoms with Crippen LogP contribution in [0.4, 0.5) is 0 Å². The Balaban J connectivity index is 2.19. The molecule has 2 rings (SSSR count). The third-order valence-corrected chi connectivity index (χ3v) is 8.43. The molecule has 0 bridgehead atoms. The zero-order valence-electron chi connectivity index (χ0n) is 3.24. The molecule has 2 atom stereocenters. The molecule has 5 heavy (non-hydrogen) atoms. The van der Waals surface area contributed by atoms with Crippen LogP contribution in [-0.4, -0.2) is 12.3 Å². The molecule has 0 radical (unpaired) electrons. The van der Waals surface area contributed by atoms with Crippen molar-refractivity contribution in [3.63, 3.8) is 0 Å². The Morgan fingerprint density at radius 2 is 2.20 bits per heavy atom. The van der Waals surface area contributed by atoms with Gasteiger partial charge in [0.2, 0.25) is 0 Å². The predicted molar refractivity (Wildman–Crippen MR) is 32.1 cm³/mol. The quantitative estimate of drug-likeness (QED) is 0.391. The first kappa shape index (κ1) is 2.83. The van der Waals surface area contributed by atoms with E-state index in [2.05, 4.69) is 6.92 Å². The Hall–Kier alpha value is 0.730. The SMILES string of the molecule is C[C@@H]1[C@H]2CI12. The third-order valence-electron chi connectivity index (χ3n) is 1.46. The van der Waals surface area contributed by atoms with Crippen molar-refractivity contribution in [3.05, 3.63) is 0 Å². The van der Waals surface area contributed by atoms with Crippen LogP contribution in [-0.2, 0) is 0 Å².